The zero-order valence-corrected chi connectivity index (χ0v) is 10.7. The first-order valence-electron chi connectivity index (χ1n) is 6.18. The second-order valence-electron chi connectivity index (χ2n) is 4.56. The van der Waals surface area contributed by atoms with Crippen LogP contribution < -0.4 is 15.9 Å². The van der Waals surface area contributed by atoms with E-state index in [1.807, 2.05) is 12.1 Å². The Labute approximate surface area is 116 Å². The number of amidine groups is 1. The summed E-state index contributed by atoms with van der Waals surface area (Å²) in [5.41, 5.74) is 7.75. The van der Waals surface area contributed by atoms with E-state index in [-0.39, 0.29) is 5.84 Å². The Hall–Kier alpha value is -2.31. The number of benzene rings is 2. The molecule has 0 fully saturated rings. The number of nitrogen functional groups attached to an aromatic ring is 1. The molecule has 2 aromatic carbocycles. The minimum absolute atomic E-state index is 0.0225. The van der Waals surface area contributed by atoms with Gasteiger partial charge in [0.05, 0.1) is 6.61 Å². The zero-order valence-electron chi connectivity index (χ0n) is 10.7. The van der Waals surface area contributed by atoms with Crippen molar-refractivity contribution in [1.82, 2.24) is 0 Å². The minimum atomic E-state index is -0.881. The third-order valence-electron chi connectivity index (χ3n) is 3.18. The van der Waals surface area contributed by atoms with Gasteiger partial charge in [-0.3, -0.25) is 5.41 Å². The van der Waals surface area contributed by atoms with E-state index in [2.05, 4.69) is 0 Å². The van der Waals surface area contributed by atoms with E-state index in [1.54, 1.807) is 30.3 Å². The van der Waals surface area contributed by atoms with E-state index < -0.39 is 7.12 Å². The van der Waals surface area contributed by atoms with Crippen LogP contribution in [0.2, 0.25) is 0 Å². The molecule has 1 aliphatic rings. The monoisotopic (exact) mass is 268 g/mol. The Balaban J connectivity index is 1.81. The highest BCUT2D eigenvalue weighted by Crippen LogP contribution is 2.23. The molecule has 0 atom stereocenters. The van der Waals surface area contributed by atoms with Gasteiger partial charge in [0.1, 0.15) is 17.3 Å². The van der Waals surface area contributed by atoms with E-state index in [0.29, 0.717) is 23.7 Å². The van der Waals surface area contributed by atoms with Gasteiger partial charge < -0.3 is 20.1 Å². The summed E-state index contributed by atoms with van der Waals surface area (Å²) in [6, 6.07) is 12.4. The maximum atomic E-state index is 9.65. The van der Waals surface area contributed by atoms with Gasteiger partial charge in [-0.1, -0.05) is 6.07 Å². The van der Waals surface area contributed by atoms with Crippen LogP contribution in [-0.2, 0) is 11.3 Å². The number of rotatable bonds is 3. The van der Waals surface area contributed by atoms with E-state index in [1.165, 1.54) is 0 Å². The number of nitrogens with one attached hydrogen (secondary N) is 1. The lowest BCUT2D eigenvalue weighted by Crippen LogP contribution is -2.27. The molecule has 100 valence electrons. The van der Waals surface area contributed by atoms with Crippen molar-refractivity contribution in [2.24, 2.45) is 5.73 Å². The van der Waals surface area contributed by atoms with Gasteiger partial charge in [0, 0.05) is 5.56 Å². The molecule has 0 aromatic heterocycles. The van der Waals surface area contributed by atoms with Crippen LogP contribution in [0.15, 0.2) is 42.5 Å². The molecular weight excluding hydrogens is 255 g/mol. The SMILES string of the molecule is N=C(N)c1ccc(Oc2ccc3c(c2)B(O)OC3)cc1. The molecule has 0 radical (unpaired) electrons. The first-order chi connectivity index (χ1) is 9.63. The van der Waals surface area contributed by atoms with Gasteiger partial charge in [0.25, 0.3) is 0 Å². The van der Waals surface area contributed by atoms with Crippen molar-refractivity contribution in [3.05, 3.63) is 53.6 Å². The van der Waals surface area contributed by atoms with Crippen molar-refractivity contribution in [2.45, 2.75) is 6.61 Å². The molecule has 6 heteroatoms. The highest BCUT2D eigenvalue weighted by molar-refractivity contribution is 6.61. The summed E-state index contributed by atoms with van der Waals surface area (Å²) >= 11 is 0. The highest BCUT2D eigenvalue weighted by Gasteiger charge is 2.27. The molecular formula is C14H13BN2O3. The average molecular weight is 268 g/mol. The smallest absolute Gasteiger partial charge is 0.457 e. The molecule has 20 heavy (non-hydrogen) atoms. The Morgan fingerprint density at radius 1 is 1.20 bits per heavy atom. The highest BCUT2D eigenvalue weighted by atomic mass is 16.5. The number of nitrogens with two attached hydrogens (primary N) is 1. The number of hydrogen-bond acceptors (Lipinski definition) is 4. The molecule has 5 nitrogen and oxygen atoms in total. The molecule has 1 heterocycles. The molecule has 1 aliphatic heterocycles. The predicted octanol–water partition coefficient (Wildman–Crippen LogP) is 0.981. The van der Waals surface area contributed by atoms with Crippen molar-refractivity contribution in [1.29, 1.82) is 5.41 Å². The van der Waals surface area contributed by atoms with Gasteiger partial charge in [-0.25, -0.2) is 0 Å². The van der Waals surface area contributed by atoms with Crippen LogP contribution in [0.3, 0.4) is 0 Å². The van der Waals surface area contributed by atoms with Crippen LogP contribution >= 0.6 is 0 Å². The Morgan fingerprint density at radius 3 is 2.60 bits per heavy atom. The van der Waals surface area contributed by atoms with E-state index in [0.717, 1.165) is 11.0 Å². The van der Waals surface area contributed by atoms with Crippen LogP contribution in [0.5, 0.6) is 11.5 Å². The fourth-order valence-corrected chi connectivity index (χ4v) is 2.09. The quantitative estimate of drug-likeness (QED) is 0.440. The van der Waals surface area contributed by atoms with E-state index in [9.17, 15) is 5.02 Å². The Kier molecular flexibility index (Phi) is 3.18. The summed E-state index contributed by atoms with van der Waals surface area (Å²) in [6.45, 7) is 0.421. The maximum absolute atomic E-state index is 9.65. The molecule has 0 amide bonds. The Morgan fingerprint density at radius 2 is 1.90 bits per heavy atom. The molecule has 2 aromatic rings. The molecule has 0 spiro atoms. The lowest BCUT2D eigenvalue weighted by atomic mass is 9.79. The van der Waals surface area contributed by atoms with Crippen molar-refractivity contribution in [3.63, 3.8) is 0 Å². The summed E-state index contributed by atoms with van der Waals surface area (Å²) in [5, 5.41) is 17.0. The van der Waals surface area contributed by atoms with E-state index >= 15 is 0 Å². The third-order valence-corrected chi connectivity index (χ3v) is 3.18. The Bertz CT molecular complexity index is 658. The molecule has 0 saturated heterocycles. The van der Waals surface area contributed by atoms with Gasteiger partial charge in [-0.05, 0) is 47.4 Å². The number of fused-ring (bicyclic) bond motifs is 1. The van der Waals surface area contributed by atoms with Crippen LogP contribution in [0.1, 0.15) is 11.1 Å². The average Bonchev–Trinajstić information content (AvgIpc) is 2.81. The third kappa shape index (κ3) is 2.39. The molecule has 0 aliphatic carbocycles. The van der Waals surface area contributed by atoms with Crippen molar-refractivity contribution in [2.75, 3.05) is 0 Å². The van der Waals surface area contributed by atoms with Crippen LogP contribution in [0.4, 0.5) is 0 Å². The molecule has 0 bridgehead atoms. The van der Waals surface area contributed by atoms with Gasteiger partial charge in [0.2, 0.25) is 0 Å². The van der Waals surface area contributed by atoms with Crippen LogP contribution in [-0.4, -0.2) is 18.0 Å². The standard InChI is InChI=1S/C14H13BN2O3/c16-14(17)9-1-4-11(5-2-9)20-12-6-3-10-8-19-15(18)13(10)7-12/h1-7,18H,8H2,(H3,16,17). The first kappa shape index (κ1) is 12.7. The summed E-state index contributed by atoms with van der Waals surface area (Å²) in [7, 11) is -0.881. The summed E-state index contributed by atoms with van der Waals surface area (Å²) < 4.78 is 10.8. The number of ether oxygens (including phenoxy) is 1. The minimum Gasteiger partial charge on any atom is -0.457 e. The number of hydrogen-bond donors (Lipinski definition) is 3. The molecule has 0 unspecified atom stereocenters. The predicted molar refractivity (Wildman–Crippen MR) is 76.4 cm³/mol. The van der Waals surface area contributed by atoms with Gasteiger partial charge in [0.15, 0.2) is 0 Å². The first-order valence-corrected chi connectivity index (χ1v) is 6.18. The fourth-order valence-electron chi connectivity index (χ4n) is 2.09. The van der Waals surface area contributed by atoms with Crippen LogP contribution in [0.25, 0.3) is 0 Å². The zero-order chi connectivity index (χ0) is 14.1. The van der Waals surface area contributed by atoms with E-state index in [4.69, 9.17) is 20.5 Å². The molecule has 3 rings (SSSR count). The second kappa shape index (κ2) is 4.99. The summed E-state index contributed by atoms with van der Waals surface area (Å²) in [4.78, 5) is 0. The van der Waals surface area contributed by atoms with Gasteiger partial charge in [-0.2, -0.15) is 0 Å². The normalized spacial score (nSPS) is 13.2. The van der Waals surface area contributed by atoms with Crippen molar-refractivity contribution >= 4 is 18.4 Å². The molecule has 4 N–H and O–H groups in total. The van der Waals surface area contributed by atoms with Crippen LogP contribution in [0, 0.1) is 5.41 Å². The lowest BCUT2D eigenvalue weighted by Gasteiger charge is -2.08. The lowest BCUT2D eigenvalue weighted by molar-refractivity contribution is 0.275. The second-order valence-corrected chi connectivity index (χ2v) is 4.56. The summed E-state index contributed by atoms with van der Waals surface area (Å²) in [6.07, 6.45) is 0. The fraction of sp³-hybridized carbons (Fsp3) is 0.0714. The maximum Gasteiger partial charge on any atom is 0.491 e. The topological polar surface area (TPSA) is 88.6 Å². The largest absolute Gasteiger partial charge is 0.491 e. The van der Waals surface area contributed by atoms with Crippen molar-refractivity contribution < 1.29 is 14.4 Å². The van der Waals surface area contributed by atoms with Gasteiger partial charge >= 0.3 is 7.12 Å². The van der Waals surface area contributed by atoms with Crippen molar-refractivity contribution in [3.8, 4) is 11.5 Å². The van der Waals surface area contributed by atoms with Gasteiger partial charge in [-0.15, -0.1) is 0 Å². The molecule has 0 saturated carbocycles. The summed E-state index contributed by atoms with van der Waals surface area (Å²) in [5.74, 6) is 1.29.